The Morgan fingerprint density at radius 3 is 2.89 bits per heavy atom. The molecular weight excluding hydrogens is 244 g/mol. The first-order valence-corrected chi connectivity index (χ1v) is 6.14. The van der Waals surface area contributed by atoms with E-state index in [2.05, 4.69) is 15.5 Å². The number of aliphatic hydroxyl groups excluding tert-OH is 1. The highest BCUT2D eigenvalue weighted by atomic mass is 16.5. The van der Waals surface area contributed by atoms with E-state index in [9.17, 15) is 5.11 Å². The van der Waals surface area contributed by atoms with Gasteiger partial charge in [0.05, 0.1) is 30.3 Å². The molecule has 2 aromatic rings. The van der Waals surface area contributed by atoms with Crippen LogP contribution in [0.15, 0.2) is 36.5 Å². The second-order valence-corrected chi connectivity index (χ2v) is 4.20. The zero-order valence-electron chi connectivity index (χ0n) is 10.9. The van der Waals surface area contributed by atoms with Gasteiger partial charge >= 0.3 is 0 Å². The number of benzene rings is 1. The number of aliphatic hydroxyl groups is 1. The SMILES string of the molecule is COCC(O)CNCc1cnn(-c2ccccc2)n1. The Balaban J connectivity index is 1.85. The average molecular weight is 262 g/mol. The van der Waals surface area contributed by atoms with Crippen LogP contribution < -0.4 is 5.32 Å². The van der Waals surface area contributed by atoms with Crippen LogP contribution in [0.25, 0.3) is 5.69 Å². The van der Waals surface area contributed by atoms with Gasteiger partial charge in [0.1, 0.15) is 0 Å². The molecule has 0 saturated carbocycles. The van der Waals surface area contributed by atoms with Crippen molar-refractivity contribution in [3.8, 4) is 5.69 Å². The average Bonchev–Trinajstić information content (AvgIpc) is 2.89. The molecule has 2 N–H and O–H groups in total. The molecule has 1 aromatic heterocycles. The van der Waals surface area contributed by atoms with E-state index in [1.807, 2.05) is 30.3 Å². The van der Waals surface area contributed by atoms with E-state index in [4.69, 9.17) is 4.74 Å². The lowest BCUT2D eigenvalue weighted by atomic mass is 10.3. The molecule has 0 fully saturated rings. The Morgan fingerprint density at radius 1 is 1.37 bits per heavy atom. The fourth-order valence-corrected chi connectivity index (χ4v) is 1.68. The first kappa shape index (κ1) is 13.7. The minimum atomic E-state index is -0.505. The second-order valence-electron chi connectivity index (χ2n) is 4.20. The lowest BCUT2D eigenvalue weighted by molar-refractivity contribution is 0.0643. The first-order chi connectivity index (χ1) is 9.29. The number of nitrogens with zero attached hydrogens (tertiary/aromatic N) is 3. The van der Waals surface area contributed by atoms with Crippen molar-refractivity contribution in [1.82, 2.24) is 20.3 Å². The minimum Gasteiger partial charge on any atom is -0.389 e. The van der Waals surface area contributed by atoms with Crippen LogP contribution in [0.4, 0.5) is 0 Å². The molecule has 0 bridgehead atoms. The van der Waals surface area contributed by atoms with Gasteiger partial charge in [-0.05, 0) is 12.1 Å². The Labute approximate surface area is 112 Å². The summed E-state index contributed by atoms with van der Waals surface area (Å²) in [6.45, 7) is 1.35. The van der Waals surface area contributed by atoms with E-state index >= 15 is 0 Å². The molecule has 2 rings (SSSR count). The summed E-state index contributed by atoms with van der Waals surface area (Å²) in [5.74, 6) is 0. The van der Waals surface area contributed by atoms with Crippen LogP contribution in [0, 0.1) is 0 Å². The Hall–Kier alpha value is -1.76. The highest BCUT2D eigenvalue weighted by Gasteiger charge is 2.05. The van der Waals surface area contributed by atoms with Crippen LogP contribution >= 0.6 is 0 Å². The maximum Gasteiger partial charge on any atom is 0.0969 e. The van der Waals surface area contributed by atoms with Crippen LogP contribution in [-0.4, -0.2) is 46.5 Å². The van der Waals surface area contributed by atoms with E-state index in [1.165, 1.54) is 0 Å². The van der Waals surface area contributed by atoms with Crippen LogP contribution in [0.5, 0.6) is 0 Å². The number of hydrogen-bond acceptors (Lipinski definition) is 5. The Morgan fingerprint density at radius 2 is 2.16 bits per heavy atom. The standard InChI is InChI=1S/C13H18N4O2/c1-19-10-13(18)9-14-7-11-8-15-17(16-11)12-5-3-2-4-6-12/h2-6,8,13-14,18H,7,9-10H2,1H3. The van der Waals surface area contributed by atoms with Crippen molar-refractivity contribution in [1.29, 1.82) is 0 Å². The largest absolute Gasteiger partial charge is 0.389 e. The Kier molecular flexibility index (Phi) is 5.02. The lowest BCUT2D eigenvalue weighted by Gasteiger charge is -2.09. The molecule has 0 radical (unpaired) electrons. The summed E-state index contributed by atoms with van der Waals surface area (Å²) in [4.78, 5) is 1.59. The normalized spacial score (nSPS) is 12.5. The van der Waals surface area contributed by atoms with E-state index in [1.54, 1.807) is 18.1 Å². The number of nitrogens with one attached hydrogen (secondary N) is 1. The van der Waals surface area contributed by atoms with E-state index in [0.717, 1.165) is 11.4 Å². The van der Waals surface area contributed by atoms with Gasteiger partial charge in [0, 0.05) is 20.2 Å². The van der Waals surface area contributed by atoms with Gasteiger partial charge in [0.25, 0.3) is 0 Å². The highest BCUT2D eigenvalue weighted by molar-refractivity contribution is 5.28. The smallest absolute Gasteiger partial charge is 0.0969 e. The minimum absolute atomic E-state index is 0.323. The molecule has 0 aliphatic heterocycles. The molecule has 19 heavy (non-hydrogen) atoms. The molecule has 0 aliphatic carbocycles. The summed E-state index contributed by atoms with van der Waals surface area (Å²) in [7, 11) is 1.56. The molecule has 102 valence electrons. The first-order valence-electron chi connectivity index (χ1n) is 6.14. The van der Waals surface area contributed by atoms with Gasteiger partial charge in [-0.1, -0.05) is 18.2 Å². The number of rotatable bonds is 7. The second kappa shape index (κ2) is 6.98. The van der Waals surface area contributed by atoms with Crippen LogP contribution in [0.3, 0.4) is 0 Å². The van der Waals surface area contributed by atoms with Gasteiger partial charge in [0.2, 0.25) is 0 Å². The molecule has 1 aromatic carbocycles. The van der Waals surface area contributed by atoms with Gasteiger partial charge in [-0.3, -0.25) is 0 Å². The van der Waals surface area contributed by atoms with Crippen LogP contribution in [-0.2, 0) is 11.3 Å². The molecule has 1 atom stereocenters. The van der Waals surface area contributed by atoms with Gasteiger partial charge in [-0.15, -0.1) is 0 Å². The third-order valence-corrected chi connectivity index (χ3v) is 2.57. The van der Waals surface area contributed by atoms with E-state index in [0.29, 0.717) is 19.7 Å². The fraction of sp³-hybridized carbons (Fsp3) is 0.385. The van der Waals surface area contributed by atoms with Crippen LogP contribution in [0.2, 0.25) is 0 Å². The van der Waals surface area contributed by atoms with Gasteiger partial charge in [0.15, 0.2) is 0 Å². The number of hydrogen-bond donors (Lipinski definition) is 2. The van der Waals surface area contributed by atoms with Crippen LogP contribution in [0.1, 0.15) is 5.69 Å². The molecule has 1 unspecified atom stereocenters. The van der Waals surface area contributed by atoms with Gasteiger partial charge in [-0.2, -0.15) is 15.0 Å². The number of methoxy groups -OCH3 is 1. The number of aromatic nitrogens is 3. The lowest BCUT2D eigenvalue weighted by Crippen LogP contribution is -2.29. The van der Waals surface area contributed by atoms with Crippen molar-refractivity contribution < 1.29 is 9.84 Å². The van der Waals surface area contributed by atoms with Crippen molar-refractivity contribution >= 4 is 0 Å². The highest BCUT2D eigenvalue weighted by Crippen LogP contribution is 2.03. The van der Waals surface area contributed by atoms with E-state index < -0.39 is 6.10 Å². The molecular formula is C13H18N4O2. The van der Waals surface area contributed by atoms with Crippen molar-refractivity contribution in [3.05, 3.63) is 42.2 Å². The summed E-state index contributed by atoms with van der Waals surface area (Å²) in [5.41, 5.74) is 1.75. The quantitative estimate of drug-likeness (QED) is 0.754. The molecule has 0 aliphatic rings. The van der Waals surface area contributed by atoms with Crippen molar-refractivity contribution in [2.24, 2.45) is 0 Å². The van der Waals surface area contributed by atoms with Gasteiger partial charge in [-0.25, -0.2) is 0 Å². The third-order valence-electron chi connectivity index (χ3n) is 2.57. The molecule has 6 nitrogen and oxygen atoms in total. The molecule has 0 spiro atoms. The zero-order chi connectivity index (χ0) is 13.5. The molecule has 6 heteroatoms. The summed E-state index contributed by atoms with van der Waals surface area (Å²) in [6, 6.07) is 9.72. The third kappa shape index (κ3) is 4.13. The fourth-order valence-electron chi connectivity index (χ4n) is 1.68. The predicted octanol–water partition coefficient (Wildman–Crippen LogP) is 0.364. The zero-order valence-corrected chi connectivity index (χ0v) is 10.9. The summed E-state index contributed by atoms with van der Waals surface area (Å²) in [6.07, 6.45) is 1.21. The topological polar surface area (TPSA) is 72.2 Å². The molecule has 1 heterocycles. The summed E-state index contributed by atoms with van der Waals surface area (Å²) in [5, 5.41) is 21.1. The van der Waals surface area contributed by atoms with Crippen molar-refractivity contribution in [2.75, 3.05) is 20.3 Å². The maximum atomic E-state index is 9.48. The predicted molar refractivity (Wildman–Crippen MR) is 70.9 cm³/mol. The van der Waals surface area contributed by atoms with Crippen molar-refractivity contribution in [2.45, 2.75) is 12.6 Å². The van der Waals surface area contributed by atoms with Crippen molar-refractivity contribution in [3.63, 3.8) is 0 Å². The summed E-state index contributed by atoms with van der Waals surface area (Å²) >= 11 is 0. The molecule has 0 amide bonds. The van der Waals surface area contributed by atoms with E-state index in [-0.39, 0.29) is 0 Å². The van der Waals surface area contributed by atoms with Gasteiger partial charge < -0.3 is 15.2 Å². The number of para-hydroxylation sites is 1. The number of ether oxygens (including phenoxy) is 1. The molecule has 0 saturated heterocycles. The monoisotopic (exact) mass is 262 g/mol. The summed E-state index contributed by atoms with van der Waals surface area (Å²) < 4.78 is 4.85. The Bertz CT molecular complexity index is 486. The maximum absolute atomic E-state index is 9.48.